The first-order valence-corrected chi connectivity index (χ1v) is 5.20. The van der Waals surface area contributed by atoms with E-state index >= 15 is 0 Å². The molecule has 0 unspecified atom stereocenters. The Balaban J connectivity index is 2.81. The lowest BCUT2D eigenvalue weighted by Gasteiger charge is -2.04. The Labute approximate surface area is 90.6 Å². The number of aromatic nitrogens is 2. The van der Waals surface area contributed by atoms with Crippen LogP contribution in [0.15, 0.2) is 0 Å². The molecule has 2 aromatic rings. The Morgan fingerprint density at radius 1 is 1.13 bits per heavy atom. The molecule has 7 heteroatoms. The number of nitrogens with two attached hydrogens (primary N) is 2. The normalized spacial score (nSPS) is 10.7. The zero-order valence-electron chi connectivity index (χ0n) is 8.46. The molecule has 6 N–H and O–H groups in total. The number of nitrogen functional groups attached to an aromatic ring is 2. The van der Waals surface area contributed by atoms with Gasteiger partial charge in [0.15, 0.2) is 5.82 Å². The molecule has 0 aliphatic heterocycles. The molecule has 6 nitrogen and oxygen atoms in total. The summed E-state index contributed by atoms with van der Waals surface area (Å²) in [5.41, 5.74) is 6.12. The Bertz CT molecular complexity index is 505. The lowest BCUT2D eigenvalue weighted by Crippen LogP contribution is -2.14. The fraction of sp³-hybridized carbons (Fsp3) is 0.250. The highest BCUT2D eigenvalue weighted by molar-refractivity contribution is 7.18. The van der Waals surface area contributed by atoms with Gasteiger partial charge in [-0.25, -0.2) is 16.7 Å². The number of hydrogen-bond donors (Lipinski definition) is 4. The summed E-state index contributed by atoms with van der Waals surface area (Å²) in [6, 6.07) is 0. The molecule has 2 aromatic heterocycles. The van der Waals surface area contributed by atoms with Crippen molar-refractivity contribution in [2.45, 2.75) is 13.8 Å². The van der Waals surface area contributed by atoms with Crippen LogP contribution in [0.2, 0.25) is 0 Å². The predicted molar refractivity (Wildman–Crippen MR) is 62.5 cm³/mol. The number of thiophene rings is 1. The quantitative estimate of drug-likeness (QED) is 0.446. The largest absolute Gasteiger partial charge is 0.308 e. The smallest absolute Gasteiger partial charge is 0.240 e. The maximum absolute atomic E-state index is 5.41. The second kappa shape index (κ2) is 3.61. The number of hydrogen-bond acceptors (Lipinski definition) is 7. The monoisotopic (exact) mass is 224 g/mol. The Hall–Kier alpha value is -1.44. The van der Waals surface area contributed by atoms with Crippen LogP contribution in [0, 0.1) is 13.8 Å². The van der Waals surface area contributed by atoms with Crippen LogP contribution in [-0.2, 0) is 0 Å². The number of nitrogens with one attached hydrogen (secondary N) is 2. The summed E-state index contributed by atoms with van der Waals surface area (Å²) in [4.78, 5) is 10.5. The molecule has 2 heterocycles. The summed E-state index contributed by atoms with van der Waals surface area (Å²) in [6.45, 7) is 4.06. The third kappa shape index (κ3) is 1.50. The minimum Gasteiger partial charge on any atom is -0.308 e. The molecule has 0 aromatic carbocycles. The topological polar surface area (TPSA) is 102 Å². The fourth-order valence-corrected chi connectivity index (χ4v) is 2.45. The van der Waals surface area contributed by atoms with E-state index in [4.69, 9.17) is 11.7 Å². The number of anilines is 2. The molecule has 0 atom stereocenters. The van der Waals surface area contributed by atoms with E-state index in [1.807, 2.05) is 13.8 Å². The first-order valence-electron chi connectivity index (χ1n) is 4.38. The molecule has 0 amide bonds. The van der Waals surface area contributed by atoms with E-state index in [0.29, 0.717) is 11.8 Å². The second-order valence-electron chi connectivity index (χ2n) is 3.15. The SMILES string of the molecule is Cc1sc2nc(NN)nc(NN)c2c1C. The predicted octanol–water partition coefficient (Wildman–Crippen LogP) is 0.879. The maximum atomic E-state index is 5.41. The van der Waals surface area contributed by atoms with Crippen molar-refractivity contribution in [3.05, 3.63) is 10.4 Å². The van der Waals surface area contributed by atoms with Crippen LogP contribution in [0.5, 0.6) is 0 Å². The van der Waals surface area contributed by atoms with Gasteiger partial charge in [0.2, 0.25) is 5.95 Å². The van der Waals surface area contributed by atoms with Crippen LogP contribution >= 0.6 is 11.3 Å². The van der Waals surface area contributed by atoms with Gasteiger partial charge in [0.25, 0.3) is 0 Å². The van der Waals surface area contributed by atoms with Crippen molar-refractivity contribution in [2.24, 2.45) is 11.7 Å². The van der Waals surface area contributed by atoms with Gasteiger partial charge in [-0.3, -0.25) is 5.43 Å². The Morgan fingerprint density at radius 3 is 2.47 bits per heavy atom. The average molecular weight is 224 g/mol. The fourth-order valence-electron chi connectivity index (χ4n) is 1.42. The van der Waals surface area contributed by atoms with Crippen molar-refractivity contribution in [3.8, 4) is 0 Å². The standard InChI is InChI=1S/C8H12N6S/c1-3-4(2)15-7-5(3)6(13-9)11-8(12-7)14-10/h9-10H2,1-2H3,(H2,11,12,13,14). The Morgan fingerprint density at radius 2 is 1.87 bits per heavy atom. The molecular weight excluding hydrogens is 212 g/mol. The molecule has 15 heavy (non-hydrogen) atoms. The summed E-state index contributed by atoms with van der Waals surface area (Å²) in [5.74, 6) is 11.6. The highest BCUT2D eigenvalue weighted by Crippen LogP contribution is 2.33. The van der Waals surface area contributed by atoms with Crippen molar-refractivity contribution in [3.63, 3.8) is 0 Å². The van der Waals surface area contributed by atoms with Gasteiger partial charge < -0.3 is 5.43 Å². The number of aryl methyl sites for hydroxylation is 2. The van der Waals surface area contributed by atoms with Crippen molar-refractivity contribution >= 4 is 33.3 Å². The summed E-state index contributed by atoms with van der Waals surface area (Å²) in [5, 5.41) is 0.957. The molecule has 0 aliphatic carbocycles. The van der Waals surface area contributed by atoms with Crippen molar-refractivity contribution in [1.82, 2.24) is 9.97 Å². The number of fused-ring (bicyclic) bond motifs is 1. The molecule has 0 saturated heterocycles. The lowest BCUT2D eigenvalue weighted by atomic mass is 10.2. The van der Waals surface area contributed by atoms with Crippen LogP contribution in [-0.4, -0.2) is 9.97 Å². The minimum absolute atomic E-state index is 0.358. The molecular formula is C8H12N6S. The minimum atomic E-state index is 0.358. The van der Waals surface area contributed by atoms with Crippen LogP contribution < -0.4 is 22.5 Å². The van der Waals surface area contributed by atoms with E-state index in [-0.39, 0.29) is 0 Å². The summed E-state index contributed by atoms with van der Waals surface area (Å²) >= 11 is 1.60. The van der Waals surface area contributed by atoms with Gasteiger partial charge in [0, 0.05) is 4.88 Å². The van der Waals surface area contributed by atoms with Crippen LogP contribution in [0.3, 0.4) is 0 Å². The second-order valence-corrected chi connectivity index (χ2v) is 4.35. The highest BCUT2D eigenvalue weighted by Gasteiger charge is 2.13. The van der Waals surface area contributed by atoms with Crippen LogP contribution in [0.25, 0.3) is 10.2 Å². The first kappa shape index (κ1) is 10.1. The van der Waals surface area contributed by atoms with Gasteiger partial charge in [-0.1, -0.05) is 0 Å². The molecule has 0 spiro atoms. The zero-order valence-corrected chi connectivity index (χ0v) is 9.27. The average Bonchev–Trinajstić information content (AvgIpc) is 2.53. The summed E-state index contributed by atoms with van der Waals surface area (Å²) in [7, 11) is 0. The van der Waals surface area contributed by atoms with Crippen molar-refractivity contribution in [1.29, 1.82) is 0 Å². The Kier molecular flexibility index (Phi) is 2.43. The maximum Gasteiger partial charge on any atom is 0.240 e. The van der Waals surface area contributed by atoms with E-state index in [1.165, 1.54) is 4.88 Å². The van der Waals surface area contributed by atoms with Crippen molar-refractivity contribution < 1.29 is 0 Å². The molecule has 2 rings (SSSR count). The van der Waals surface area contributed by atoms with E-state index in [9.17, 15) is 0 Å². The van der Waals surface area contributed by atoms with E-state index in [1.54, 1.807) is 11.3 Å². The van der Waals surface area contributed by atoms with Gasteiger partial charge in [0.05, 0.1) is 5.39 Å². The molecule has 80 valence electrons. The number of hydrazine groups is 2. The molecule has 0 saturated carbocycles. The summed E-state index contributed by atoms with van der Waals surface area (Å²) < 4.78 is 0. The van der Waals surface area contributed by atoms with E-state index < -0.39 is 0 Å². The molecule has 0 bridgehead atoms. The molecule has 0 aliphatic rings. The number of nitrogens with zero attached hydrogens (tertiary/aromatic N) is 2. The third-order valence-electron chi connectivity index (χ3n) is 2.29. The molecule has 0 radical (unpaired) electrons. The van der Waals surface area contributed by atoms with Gasteiger partial charge in [-0.2, -0.15) is 4.98 Å². The first-order chi connectivity index (χ1) is 7.17. The number of rotatable bonds is 2. The van der Waals surface area contributed by atoms with Gasteiger partial charge >= 0.3 is 0 Å². The van der Waals surface area contributed by atoms with Crippen LogP contribution in [0.4, 0.5) is 11.8 Å². The molecule has 0 fully saturated rings. The van der Waals surface area contributed by atoms with Crippen molar-refractivity contribution in [2.75, 3.05) is 10.9 Å². The van der Waals surface area contributed by atoms with Crippen LogP contribution in [0.1, 0.15) is 10.4 Å². The van der Waals surface area contributed by atoms with Gasteiger partial charge in [-0.05, 0) is 19.4 Å². The van der Waals surface area contributed by atoms with Gasteiger partial charge in [0.1, 0.15) is 4.83 Å². The highest BCUT2D eigenvalue weighted by atomic mass is 32.1. The summed E-state index contributed by atoms with van der Waals surface area (Å²) in [6.07, 6.45) is 0. The van der Waals surface area contributed by atoms with E-state index in [2.05, 4.69) is 20.8 Å². The lowest BCUT2D eigenvalue weighted by molar-refractivity contribution is 1.14. The zero-order chi connectivity index (χ0) is 11.0. The van der Waals surface area contributed by atoms with E-state index in [0.717, 1.165) is 15.8 Å². The third-order valence-corrected chi connectivity index (χ3v) is 3.40. The van der Waals surface area contributed by atoms with Gasteiger partial charge in [-0.15, -0.1) is 11.3 Å².